The Bertz CT molecular complexity index is 1040. The van der Waals surface area contributed by atoms with Gasteiger partial charge in [-0.25, -0.2) is 13.5 Å². The number of imidazole rings is 1. The Labute approximate surface area is 178 Å². The molecule has 28 heavy (non-hydrogen) atoms. The van der Waals surface area contributed by atoms with E-state index >= 15 is 0 Å². The number of halogens is 4. The van der Waals surface area contributed by atoms with Crippen LogP contribution in [0, 0.1) is 5.82 Å². The first-order valence-electron chi connectivity index (χ1n) is 8.64. The van der Waals surface area contributed by atoms with E-state index in [1.54, 1.807) is 24.3 Å². The molecule has 2 heterocycles. The van der Waals surface area contributed by atoms with Crippen LogP contribution in [0.4, 0.5) is 10.1 Å². The van der Waals surface area contributed by atoms with Crippen molar-refractivity contribution in [1.82, 2.24) is 4.57 Å². The molecule has 0 atom stereocenters. The molecule has 0 bridgehead atoms. The fourth-order valence-electron chi connectivity index (χ4n) is 3.44. The smallest absolute Gasteiger partial charge is 0.266 e. The highest BCUT2D eigenvalue weighted by Gasteiger charge is 2.30. The molecule has 3 aromatic rings. The van der Waals surface area contributed by atoms with E-state index < -0.39 is 5.82 Å². The number of fused-ring (bicyclic) bond motifs is 1. The molecule has 0 unspecified atom stereocenters. The van der Waals surface area contributed by atoms with Crippen molar-refractivity contribution in [1.29, 1.82) is 0 Å². The van der Waals surface area contributed by atoms with Crippen LogP contribution in [0.3, 0.4) is 0 Å². The summed E-state index contributed by atoms with van der Waals surface area (Å²) >= 11 is 12.2. The number of hydrogen-bond acceptors (Lipinski definition) is 1. The van der Waals surface area contributed by atoms with Crippen LogP contribution in [0.2, 0.25) is 10.0 Å². The zero-order valence-corrected chi connectivity index (χ0v) is 17.0. The van der Waals surface area contributed by atoms with Crippen molar-refractivity contribution in [2.24, 2.45) is 0 Å². The van der Waals surface area contributed by atoms with Gasteiger partial charge in [-0.15, -0.1) is 0 Å². The van der Waals surface area contributed by atoms with Crippen LogP contribution in [0.15, 0.2) is 48.7 Å². The summed E-state index contributed by atoms with van der Waals surface area (Å²) in [6.07, 6.45) is 3.84. The Morgan fingerprint density at radius 2 is 1.96 bits per heavy atom. The van der Waals surface area contributed by atoms with Gasteiger partial charge in [-0.2, -0.15) is 0 Å². The molecule has 1 aliphatic heterocycles. The van der Waals surface area contributed by atoms with Crippen molar-refractivity contribution in [2.75, 3.05) is 5.32 Å². The number of amides is 1. The van der Waals surface area contributed by atoms with Crippen molar-refractivity contribution < 1.29 is 26.2 Å². The number of carbonyl (C=O) groups is 1. The maximum Gasteiger partial charge on any atom is 0.266 e. The van der Waals surface area contributed by atoms with E-state index in [-0.39, 0.29) is 30.5 Å². The van der Waals surface area contributed by atoms with E-state index in [1.807, 2.05) is 22.9 Å². The average Bonchev–Trinajstić information content (AvgIpc) is 3.23. The Balaban J connectivity index is 0.00000225. The fraction of sp³-hybridized carbons (Fsp3) is 0.200. The summed E-state index contributed by atoms with van der Waals surface area (Å²) in [5, 5.41) is 3.63. The van der Waals surface area contributed by atoms with Gasteiger partial charge in [0, 0.05) is 5.56 Å². The zero-order chi connectivity index (χ0) is 19.0. The van der Waals surface area contributed by atoms with Gasteiger partial charge in [0.2, 0.25) is 0 Å². The van der Waals surface area contributed by atoms with Gasteiger partial charge in [0.05, 0.1) is 28.7 Å². The normalized spacial score (nSPS) is 12.4. The standard InChI is InChI=1S/C20H16Cl2FN3O.ClH/c21-14-8-7-13(10-15(14)22)18-11-25(20-6-3-9-26(18)20)12-19(27)24-17-5-2-1-4-16(17)23;/h1-2,4-5,7-8,10-11H,3,6,9,12H2;1H. The van der Waals surface area contributed by atoms with Crippen molar-refractivity contribution in [3.05, 3.63) is 70.3 Å². The van der Waals surface area contributed by atoms with Crippen LogP contribution in [0.5, 0.6) is 0 Å². The number of benzene rings is 2. The van der Waals surface area contributed by atoms with E-state index in [0.29, 0.717) is 10.0 Å². The van der Waals surface area contributed by atoms with Crippen molar-refractivity contribution in [3.8, 4) is 11.3 Å². The Hall–Kier alpha value is -2.08. The second-order valence-electron chi connectivity index (χ2n) is 6.47. The first-order valence-corrected chi connectivity index (χ1v) is 9.40. The molecular formula is C20H17Cl3FN3O. The number of nitrogens with zero attached hydrogens (tertiary/aromatic N) is 2. The van der Waals surface area contributed by atoms with Crippen molar-refractivity contribution in [3.63, 3.8) is 0 Å². The molecule has 4 nitrogen and oxygen atoms in total. The van der Waals surface area contributed by atoms with Gasteiger partial charge < -0.3 is 17.7 Å². The number of rotatable bonds is 4. The second-order valence-corrected chi connectivity index (χ2v) is 7.28. The lowest BCUT2D eigenvalue weighted by atomic mass is 10.1. The first kappa shape index (κ1) is 20.6. The van der Waals surface area contributed by atoms with Gasteiger partial charge in [0.1, 0.15) is 12.0 Å². The number of carbonyl (C=O) groups excluding carboxylic acids is 1. The molecule has 1 amide bonds. The Morgan fingerprint density at radius 3 is 2.71 bits per heavy atom. The van der Waals surface area contributed by atoms with Crippen LogP contribution in [0.1, 0.15) is 12.2 Å². The molecule has 1 aliphatic rings. The lowest BCUT2D eigenvalue weighted by Gasteiger charge is -2.05. The predicted octanol–water partition coefficient (Wildman–Crippen LogP) is 1.48. The molecule has 0 spiro atoms. The van der Waals surface area contributed by atoms with E-state index in [9.17, 15) is 9.18 Å². The lowest BCUT2D eigenvalue weighted by Crippen LogP contribution is -3.00. The van der Waals surface area contributed by atoms with Crippen LogP contribution >= 0.6 is 23.2 Å². The van der Waals surface area contributed by atoms with E-state index in [1.165, 1.54) is 6.07 Å². The molecule has 1 aromatic heterocycles. The molecule has 0 saturated heterocycles. The molecule has 2 aromatic carbocycles. The highest BCUT2D eigenvalue weighted by atomic mass is 35.5. The van der Waals surface area contributed by atoms with Crippen LogP contribution in [-0.2, 0) is 24.3 Å². The fourth-order valence-corrected chi connectivity index (χ4v) is 3.74. The van der Waals surface area contributed by atoms with Crippen LogP contribution in [0.25, 0.3) is 11.3 Å². The minimum Gasteiger partial charge on any atom is -1.00 e. The molecule has 8 heteroatoms. The maximum absolute atomic E-state index is 13.8. The number of aromatic nitrogens is 2. The molecule has 0 fully saturated rings. The first-order chi connectivity index (χ1) is 13.0. The highest BCUT2D eigenvalue weighted by molar-refractivity contribution is 6.42. The topological polar surface area (TPSA) is 37.9 Å². The summed E-state index contributed by atoms with van der Waals surface area (Å²) in [5.74, 6) is 0.347. The third kappa shape index (κ3) is 4.02. The molecule has 0 aliphatic carbocycles. The largest absolute Gasteiger partial charge is 1.00 e. The molecule has 1 N–H and O–H groups in total. The summed E-state index contributed by atoms with van der Waals surface area (Å²) in [6, 6.07) is 11.6. The number of para-hydroxylation sites is 1. The zero-order valence-electron chi connectivity index (χ0n) is 14.8. The third-order valence-electron chi connectivity index (χ3n) is 4.67. The van der Waals surface area contributed by atoms with Gasteiger partial charge in [-0.05, 0) is 36.8 Å². The molecule has 0 saturated carbocycles. The minimum atomic E-state index is -0.450. The summed E-state index contributed by atoms with van der Waals surface area (Å²) in [4.78, 5) is 12.4. The predicted molar refractivity (Wildman–Crippen MR) is 103 cm³/mol. The SMILES string of the molecule is O=C(C[n+]1cc(-c2ccc(Cl)c(Cl)c2)n2c1CCC2)Nc1ccccc1F.[Cl-]. The van der Waals surface area contributed by atoms with Gasteiger partial charge in [-0.3, -0.25) is 4.79 Å². The summed E-state index contributed by atoms with van der Waals surface area (Å²) in [7, 11) is 0. The molecular weight excluding hydrogens is 424 g/mol. The maximum atomic E-state index is 13.8. The molecule has 0 radical (unpaired) electrons. The average molecular weight is 441 g/mol. The lowest BCUT2D eigenvalue weighted by molar-refractivity contribution is -0.690. The second kappa shape index (κ2) is 8.52. The molecule has 146 valence electrons. The van der Waals surface area contributed by atoms with Gasteiger partial charge in [-0.1, -0.05) is 35.3 Å². The van der Waals surface area contributed by atoms with Gasteiger partial charge in [0.15, 0.2) is 12.2 Å². The number of anilines is 1. The number of nitrogens with one attached hydrogen (secondary N) is 1. The van der Waals surface area contributed by atoms with E-state index in [0.717, 1.165) is 36.5 Å². The summed E-state index contributed by atoms with van der Waals surface area (Å²) in [6.45, 7) is 0.998. The monoisotopic (exact) mass is 439 g/mol. The van der Waals surface area contributed by atoms with Crippen molar-refractivity contribution >= 4 is 34.8 Å². The minimum absolute atomic E-state index is 0. The Kier molecular flexibility index (Phi) is 6.28. The highest BCUT2D eigenvalue weighted by Crippen LogP contribution is 2.30. The van der Waals surface area contributed by atoms with E-state index in [4.69, 9.17) is 23.2 Å². The van der Waals surface area contributed by atoms with E-state index in [2.05, 4.69) is 9.88 Å². The van der Waals surface area contributed by atoms with Crippen LogP contribution in [-0.4, -0.2) is 10.5 Å². The van der Waals surface area contributed by atoms with Crippen molar-refractivity contribution in [2.45, 2.75) is 25.9 Å². The van der Waals surface area contributed by atoms with Crippen LogP contribution < -0.4 is 22.3 Å². The Morgan fingerprint density at radius 1 is 1.18 bits per heavy atom. The van der Waals surface area contributed by atoms with Gasteiger partial charge >= 0.3 is 0 Å². The quantitative estimate of drug-likeness (QED) is 0.613. The third-order valence-corrected chi connectivity index (χ3v) is 5.41. The number of hydrogen-bond donors (Lipinski definition) is 1. The summed E-state index contributed by atoms with van der Waals surface area (Å²) < 4.78 is 17.9. The summed E-state index contributed by atoms with van der Waals surface area (Å²) in [5.41, 5.74) is 2.12. The van der Waals surface area contributed by atoms with Gasteiger partial charge in [0.25, 0.3) is 11.7 Å². The molecule has 4 rings (SSSR count).